The van der Waals surface area contributed by atoms with Crippen LogP contribution in [0.5, 0.6) is 11.5 Å². The molecule has 2 aromatic carbocycles. The first-order chi connectivity index (χ1) is 13.6. The molecule has 0 aromatic heterocycles. The van der Waals surface area contributed by atoms with Gasteiger partial charge in [0.15, 0.2) is 11.5 Å². The van der Waals surface area contributed by atoms with E-state index in [1.807, 2.05) is 30.3 Å². The van der Waals surface area contributed by atoms with Crippen molar-refractivity contribution in [3.63, 3.8) is 0 Å². The van der Waals surface area contributed by atoms with E-state index in [0.29, 0.717) is 35.1 Å². The van der Waals surface area contributed by atoms with Crippen molar-refractivity contribution in [1.82, 2.24) is 10.2 Å². The van der Waals surface area contributed by atoms with Gasteiger partial charge in [0.2, 0.25) is 0 Å². The van der Waals surface area contributed by atoms with Gasteiger partial charge < -0.3 is 19.7 Å². The third-order valence-corrected chi connectivity index (χ3v) is 5.39. The number of rotatable bonds is 7. The minimum Gasteiger partial charge on any atom is -0.493 e. The first-order valence-corrected chi connectivity index (χ1v) is 9.99. The van der Waals surface area contributed by atoms with E-state index in [0.717, 1.165) is 31.5 Å². The number of methoxy groups -OCH3 is 1. The molecule has 1 heterocycles. The number of likely N-dealkylation sites (tertiary alicyclic amines) is 1. The molecule has 0 aliphatic carbocycles. The Balaban J connectivity index is 1.57. The fraction of sp³-hybridized carbons (Fsp3) is 0.409. The molecule has 0 unspecified atom stereocenters. The van der Waals surface area contributed by atoms with Crippen molar-refractivity contribution in [3.05, 3.63) is 58.6 Å². The molecule has 1 amide bonds. The molecule has 0 spiro atoms. The zero-order chi connectivity index (χ0) is 19.9. The summed E-state index contributed by atoms with van der Waals surface area (Å²) in [5.74, 6) is 1.12. The number of carbonyl (C=O) groups excluding carboxylic acids is 1. The number of benzene rings is 2. The van der Waals surface area contributed by atoms with Crippen LogP contribution in [0.4, 0.5) is 0 Å². The van der Waals surface area contributed by atoms with E-state index < -0.39 is 0 Å². The Kier molecular flexibility index (Phi) is 7.18. The summed E-state index contributed by atoms with van der Waals surface area (Å²) in [5, 5.41) is 3.65. The lowest BCUT2D eigenvalue weighted by Gasteiger charge is -2.29. The Bertz CT molecular complexity index is 804. The molecule has 2 aromatic rings. The number of nitrogens with one attached hydrogen (secondary N) is 1. The highest BCUT2D eigenvalue weighted by Crippen LogP contribution is 2.30. The third kappa shape index (κ3) is 5.40. The number of hydrogen-bond acceptors (Lipinski definition) is 4. The van der Waals surface area contributed by atoms with E-state index >= 15 is 0 Å². The van der Waals surface area contributed by atoms with Crippen LogP contribution in [-0.4, -0.2) is 50.7 Å². The summed E-state index contributed by atoms with van der Waals surface area (Å²) in [6.07, 6.45) is 2.84. The molecule has 1 fully saturated rings. The molecule has 1 saturated heterocycles. The molecule has 1 aliphatic rings. The zero-order valence-corrected chi connectivity index (χ0v) is 17.2. The van der Waals surface area contributed by atoms with Gasteiger partial charge in [-0.1, -0.05) is 29.8 Å². The Labute approximate surface area is 171 Å². The Morgan fingerprint density at radius 1 is 1.18 bits per heavy atom. The molecular weight excluding hydrogens is 376 g/mol. The summed E-state index contributed by atoms with van der Waals surface area (Å²) < 4.78 is 11.6. The minimum atomic E-state index is -0.142. The van der Waals surface area contributed by atoms with Gasteiger partial charge in [0, 0.05) is 30.2 Å². The van der Waals surface area contributed by atoms with Crippen LogP contribution >= 0.6 is 11.6 Å². The highest BCUT2D eigenvalue weighted by atomic mass is 35.5. The highest BCUT2D eigenvalue weighted by molar-refractivity contribution is 6.31. The summed E-state index contributed by atoms with van der Waals surface area (Å²) in [4.78, 5) is 14.8. The zero-order valence-electron chi connectivity index (χ0n) is 16.4. The van der Waals surface area contributed by atoms with Crippen LogP contribution in [0.15, 0.2) is 42.5 Å². The van der Waals surface area contributed by atoms with Crippen molar-refractivity contribution in [3.8, 4) is 11.5 Å². The smallest absolute Gasteiger partial charge is 0.251 e. The number of carbonyl (C=O) groups is 1. The monoisotopic (exact) mass is 402 g/mol. The van der Waals surface area contributed by atoms with Crippen LogP contribution in [0.25, 0.3) is 0 Å². The maximum atomic E-state index is 12.5. The summed E-state index contributed by atoms with van der Waals surface area (Å²) in [6, 6.07) is 13.0. The predicted molar refractivity (Wildman–Crippen MR) is 112 cm³/mol. The van der Waals surface area contributed by atoms with Gasteiger partial charge in [-0.25, -0.2) is 0 Å². The van der Waals surface area contributed by atoms with Crippen molar-refractivity contribution in [2.75, 3.05) is 33.8 Å². The molecule has 0 atom stereocenters. The van der Waals surface area contributed by atoms with Gasteiger partial charge in [0.05, 0.1) is 7.11 Å². The Morgan fingerprint density at radius 3 is 2.64 bits per heavy atom. The summed E-state index contributed by atoms with van der Waals surface area (Å²) in [6.45, 7) is 2.57. The normalized spacial score (nSPS) is 15.2. The van der Waals surface area contributed by atoms with Gasteiger partial charge in [-0.05, 0) is 56.1 Å². The van der Waals surface area contributed by atoms with Crippen LogP contribution in [0.1, 0.15) is 28.8 Å². The van der Waals surface area contributed by atoms with E-state index in [1.54, 1.807) is 19.2 Å². The second kappa shape index (κ2) is 9.80. The minimum absolute atomic E-state index is 0.142. The number of halogens is 1. The van der Waals surface area contributed by atoms with Gasteiger partial charge >= 0.3 is 0 Å². The van der Waals surface area contributed by atoms with Gasteiger partial charge in [-0.3, -0.25) is 4.79 Å². The maximum absolute atomic E-state index is 12.5. The first kappa shape index (κ1) is 20.5. The Morgan fingerprint density at radius 2 is 1.93 bits per heavy atom. The van der Waals surface area contributed by atoms with Gasteiger partial charge in [-0.2, -0.15) is 0 Å². The molecule has 0 saturated carbocycles. The molecule has 28 heavy (non-hydrogen) atoms. The van der Waals surface area contributed by atoms with Gasteiger partial charge in [0.25, 0.3) is 5.91 Å². The summed E-state index contributed by atoms with van der Waals surface area (Å²) in [5.41, 5.74) is 1.57. The first-order valence-electron chi connectivity index (χ1n) is 9.61. The molecule has 1 N–H and O–H groups in total. The van der Waals surface area contributed by atoms with Crippen molar-refractivity contribution in [1.29, 1.82) is 0 Å². The van der Waals surface area contributed by atoms with E-state index in [9.17, 15) is 4.79 Å². The summed E-state index contributed by atoms with van der Waals surface area (Å²) >= 11 is 6.16. The second-order valence-electron chi connectivity index (χ2n) is 7.08. The van der Waals surface area contributed by atoms with E-state index in [2.05, 4.69) is 17.3 Å². The fourth-order valence-corrected chi connectivity index (χ4v) is 3.53. The van der Waals surface area contributed by atoms with Crippen molar-refractivity contribution >= 4 is 17.5 Å². The predicted octanol–water partition coefficient (Wildman–Crippen LogP) is 3.79. The third-order valence-electron chi connectivity index (χ3n) is 5.02. The molecule has 5 nitrogen and oxygen atoms in total. The standard InChI is InChI=1S/C22H27ClN2O3/c1-25-13-10-18(11-14-25)28-20-8-7-17(15-21(20)27-2)22(26)24-12-9-16-5-3-4-6-19(16)23/h3-8,15,18H,9-14H2,1-2H3,(H,24,26). The van der Waals surface area contributed by atoms with Crippen molar-refractivity contribution < 1.29 is 14.3 Å². The average molecular weight is 403 g/mol. The van der Waals surface area contributed by atoms with Gasteiger partial charge in [-0.15, -0.1) is 0 Å². The lowest BCUT2D eigenvalue weighted by Crippen LogP contribution is -2.35. The lowest BCUT2D eigenvalue weighted by molar-refractivity contribution is 0.0953. The van der Waals surface area contributed by atoms with Gasteiger partial charge in [0.1, 0.15) is 6.10 Å². The molecule has 6 heteroatoms. The highest BCUT2D eigenvalue weighted by Gasteiger charge is 2.20. The molecular formula is C22H27ClN2O3. The topological polar surface area (TPSA) is 50.8 Å². The molecule has 0 radical (unpaired) electrons. The number of nitrogens with zero attached hydrogens (tertiary/aromatic N) is 1. The summed E-state index contributed by atoms with van der Waals surface area (Å²) in [7, 11) is 3.71. The van der Waals surface area contributed by atoms with Crippen molar-refractivity contribution in [2.24, 2.45) is 0 Å². The second-order valence-corrected chi connectivity index (χ2v) is 7.49. The largest absolute Gasteiger partial charge is 0.493 e. The van der Waals surface area contributed by atoms with E-state index in [4.69, 9.17) is 21.1 Å². The van der Waals surface area contributed by atoms with E-state index in [-0.39, 0.29) is 12.0 Å². The van der Waals surface area contributed by atoms with Crippen LogP contribution in [0.2, 0.25) is 5.02 Å². The van der Waals surface area contributed by atoms with Crippen LogP contribution in [0.3, 0.4) is 0 Å². The SMILES string of the molecule is COc1cc(C(=O)NCCc2ccccc2Cl)ccc1OC1CCN(C)CC1. The quantitative estimate of drug-likeness (QED) is 0.765. The van der Waals surface area contributed by atoms with Crippen LogP contribution in [-0.2, 0) is 6.42 Å². The average Bonchev–Trinajstić information content (AvgIpc) is 2.71. The number of hydrogen-bond donors (Lipinski definition) is 1. The molecule has 0 bridgehead atoms. The lowest BCUT2D eigenvalue weighted by atomic mass is 10.1. The van der Waals surface area contributed by atoms with Crippen molar-refractivity contribution in [2.45, 2.75) is 25.4 Å². The Hall–Kier alpha value is -2.24. The molecule has 1 aliphatic heterocycles. The van der Waals surface area contributed by atoms with Crippen LogP contribution in [0, 0.1) is 0 Å². The number of piperidine rings is 1. The van der Waals surface area contributed by atoms with Crippen LogP contribution < -0.4 is 14.8 Å². The van der Waals surface area contributed by atoms with E-state index in [1.165, 1.54) is 0 Å². The maximum Gasteiger partial charge on any atom is 0.251 e. The molecule has 3 rings (SSSR count). The molecule has 150 valence electrons. The number of ether oxygens (including phenoxy) is 2. The number of amides is 1. The fourth-order valence-electron chi connectivity index (χ4n) is 3.30.